The van der Waals surface area contributed by atoms with E-state index in [4.69, 9.17) is 23.2 Å². The molecule has 10 aromatic carbocycles. The number of imidazole rings is 3. The summed E-state index contributed by atoms with van der Waals surface area (Å²) in [7, 11) is 0. The van der Waals surface area contributed by atoms with Crippen molar-refractivity contribution in [1.29, 1.82) is 0 Å². The zero-order chi connectivity index (χ0) is 104. The van der Waals surface area contributed by atoms with Crippen molar-refractivity contribution in [2.45, 2.75) is 60.6 Å². The van der Waals surface area contributed by atoms with E-state index in [1.807, 2.05) is 150 Å². The van der Waals surface area contributed by atoms with Crippen molar-refractivity contribution in [1.82, 2.24) is 91.4 Å². The molecule has 33 heteroatoms. The van der Waals surface area contributed by atoms with E-state index in [9.17, 15) is 54.7 Å². The fourth-order valence-electron chi connectivity index (χ4n) is 18.5. The van der Waals surface area contributed by atoms with Gasteiger partial charge in [-0.2, -0.15) is 13.2 Å². The first-order chi connectivity index (χ1) is 72.5. The molecule has 150 heavy (non-hydrogen) atoms. The monoisotopic (exact) mass is 2030 g/mol. The van der Waals surface area contributed by atoms with Crippen LogP contribution in [0.4, 0.5) is 30.7 Å². The van der Waals surface area contributed by atoms with Crippen molar-refractivity contribution in [3.8, 4) is 45.5 Å². The Balaban J connectivity index is 0.000000110. The van der Waals surface area contributed by atoms with Crippen LogP contribution in [0.1, 0.15) is 62.0 Å². The summed E-state index contributed by atoms with van der Waals surface area (Å²) < 4.78 is 109. The van der Waals surface area contributed by atoms with Crippen LogP contribution in [0.5, 0.6) is 0 Å². The molecular formula is C117H80Cl2F7N19O5. The van der Waals surface area contributed by atoms with Crippen LogP contribution in [0, 0.1) is 64.8 Å². The Morgan fingerprint density at radius 3 is 0.933 bits per heavy atom. The minimum Gasteiger partial charge on any atom is -0.304 e. The highest BCUT2D eigenvalue weighted by atomic mass is 35.5. The van der Waals surface area contributed by atoms with Gasteiger partial charge < -0.3 is 13.7 Å². The molecule has 0 saturated carbocycles. The van der Waals surface area contributed by atoms with Gasteiger partial charge in [-0.25, -0.2) is 42.5 Å². The summed E-state index contributed by atoms with van der Waals surface area (Å²) in [6.07, 6.45) is 20.6. The van der Waals surface area contributed by atoms with Gasteiger partial charge in [0.2, 0.25) is 0 Å². The Bertz CT molecular complexity index is 9620. The highest BCUT2D eigenvalue weighted by Gasteiger charge is 2.35. The number of alkyl halides is 3. The van der Waals surface area contributed by atoms with Crippen LogP contribution in [0.2, 0.25) is 10.0 Å². The molecule has 0 N–H and O–H groups in total. The van der Waals surface area contributed by atoms with Gasteiger partial charge in [0.1, 0.15) is 29.1 Å². The van der Waals surface area contributed by atoms with Crippen LogP contribution >= 0.6 is 23.2 Å². The zero-order valence-corrected chi connectivity index (χ0v) is 81.9. The summed E-state index contributed by atoms with van der Waals surface area (Å²) >= 11 is 12.0. The highest BCUT2D eigenvalue weighted by molar-refractivity contribution is 6.31. The van der Waals surface area contributed by atoms with E-state index < -0.39 is 34.8 Å². The lowest BCUT2D eigenvalue weighted by Crippen LogP contribution is -2.19. The molecule has 0 fully saturated rings. The fraction of sp³-hybridized carbons (Fsp3) is 0.0769. The highest BCUT2D eigenvalue weighted by Crippen LogP contribution is 2.38. The van der Waals surface area contributed by atoms with E-state index in [1.54, 1.807) is 162 Å². The van der Waals surface area contributed by atoms with Gasteiger partial charge in [0.25, 0.3) is 27.8 Å². The second kappa shape index (κ2) is 40.3. The zero-order valence-electron chi connectivity index (χ0n) is 80.3. The minimum atomic E-state index is -4.90. The lowest BCUT2D eigenvalue weighted by atomic mass is 10.0. The first-order valence-electron chi connectivity index (χ1n) is 47.0. The van der Waals surface area contributed by atoms with Crippen LogP contribution in [0.3, 0.4) is 0 Å². The number of benzene rings is 10. The van der Waals surface area contributed by atoms with Crippen LogP contribution in [-0.4, -0.2) is 91.4 Å². The number of hydrogen-bond acceptors (Lipinski definition) is 16. The third-order valence-electron chi connectivity index (χ3n) is 26.0. The molecule has 0 aliphatic rings. The number of halogens is 9. The standard InChI is InChI=1S/C24H15ClFN3O.C24H20N4O.C23H14ClFN4O.C23H14F4N4O.C23H17FN4O/c25-20-13-18(6-7-21(20)26)29-23(30)9-5-16-14-28-22-8-4-15(12-19(22)24(16)29)11-17-3-1-2-10-27-17;1-15-4-6-20(10-16(15)2)28-23(29)9-5-18-13-26-22-8-7-19(11-21(22)24(18)28)27-14-25-12-17(27)3;24-18-12-16(4-5-19(18)25)29-22(30)7-3-15-13-28-20-6-2-14(10-17(20)23(15)29)11-21-26-8-1-9-27-21;1-13-10-28-12-30(13)15-4-6-20-17(8-15)22-14(11-29-20)2-7-21(32)31(22)16-3-5-19(24)18(9-16)23(25,26)27;1-14-9-18(4-6-20(14)24)28-22(29)8-3-16-12-26-21-7-5-17(10-19(21)23(16)28)27-13-25-11-15(27)2/h1-10,12-14H,11H2;4-14H,1-3H3;1-10,12-13H,11H2;2-12H,1H3;3-13H,1-2H3. The van der Waals surface area contributed by atoms with Gasteiger partial charge in [-0.1, -0.05) is 47.5 Å². The molecule has 24 nitrogen and oxygen atoms in total. The number of hydrogen-bond donors (Lipinski definition) is 0. The maximum absolute atomic E-state index is 13.9. The molecule has 0 unspecified atom stereocenters. The summed E-state index contributed by atoms with van der Waals surface area (Å²) in [6.45, 7) is 11.7. The Hall–Kier alpha value is -18.8. The molecule has 0 spiro atoms. The average Bonchev–Trinajstić information content (AvgIpc) is 0.875. The Morgan fingerprint density at radius 1 is 0.273 bits per heavy atom. The first kappa shape index (κ1) is 97.3. The molecule has 0 amide bonds. The van der Waals surface area contributed by atoms with E-state index in [1.165, 1.54) is 70.8 Å². The number of aryl methyl sites for hydroxylation is 6. The molecule has 15 aromatic heterocycles. The summed E-state index contributed by atoms with van der Waals surface area (Å²) in [4.78, 5) is 112. The van der Waals surface area contributed by atoms with E-state index in [0.717, 1.165) is 149 Å². The maximum atomic E-state index is 13.9. The van der Waals surface area contributed by atoms with Gasteiger partial charge in [0.05, 0.1) is 107 Å². The molecule has 736 valence electrons. The Kier molecular flexibility index (Phi) is 26.2. The van der Waals surface area contributed by atoms with Crippen molar-refractivity contribution in [2.75, 3.05) is 0 Å². The average molecular weight is 2040 g/mol. The van der Waals surface area contributed by atoms with Crippen LogP contribution in [0.25, 0.3) is 155 Å². The summed E-state index contributed by atoms with van der Waals surface area (Å²) in [5, 5.41) is 7.79. The topological polar surface area (TPSA) is 267 Å². The summed E-state index contributed by atoms with van der Waals surface area (Å²) in [5.74, 6) is -2.07. The molecule has 0 aliphatic carbocycles. The van der Waals surface area contributed by atoms with Gasteiger partial charge in [-0.15, -0.1) is 0 Å². The molecule has 25 rings (SSSR count). The van der Waals surface area contributed by atoms with E-state index in [2.05, 4.69) is 86.9 Å². The maximum Gasteiger partial charge on any atom is 0.419 e. The first-order valence-corrected chi connectivity index (χ1v) is 47.7. The number of aromatic nitrogens is 19. The lowest BCUT2D eigenvalue weighted by molar-refractivity contribution is -0.140. The van der Waals surface area contributed by atoms with Crippen LogP contribution in [0.15, 0.2) is 378 Å². The quantitative estimate of drug-likeness (QED) is 0.0812. The van der Waals surface area contributed by atoms with Crippen molar-refractivity contribution < 1.29 is 30.7 Å². The SMILES string of the molecule is Cc1cc(-n2c(=O)ccc3cnc4ccc(-n5cncc5C)cc4c32)ccc1F.Cc1ccc(-n2c(=O)ccc3cnc4ccc(-n5cncc5C)cc4c32)cc1C.Cc1cncn1-c1ccc2ncc3ccc(=O)n(-c4ccc(F)c(C(F)(F)F)c4)c3c2c1.O=c1ccc2cnc3ccc(Cc4ccccn4)cc3c2n1-c1ccc(F)c(Cl)c1.O=c1ccc2cnc3ccc(Cc4ncccn4)cc3c2n1-c1ccc(F)c(Cl)c1. The van der Waals surface area contributed by atoms with Crippen molar-refractivity contribution in [3.63, 3.8) is 0 Å². The number of fused-ring (bicyclic) bond motifs is 15. The summed E-state index contributed by atoms with van der Waals surface area (Å²) in [6, 6.07) is 74.6. The lowest BCUT2D eigenvalue weighted by Gasteiger charge is -2.15. The molecular weight excluding hydrogens is 1960 g/mol. The van der Waals surface area contributed by atoms with Gasteiger partial charge in [-0.05, 0) is 282 Å². The Morgan fingerprint density at radius 2 is 0.593 bits per heavy atom. The second-order valence-electron chi connectivity index (χ2n) is 35.8. The van der Waals surface area contributed by atoms with E-state index in [-0.39, 0.29) is 43.8 Å². The number of pyridine rings is 11. The van der Waals surface area contributed by atoms with Crippen molar-refractivity contribution in [3.05, 3.63) is 501 Å². The fourth-order valence-corrected chi connectivity index (χ4v) is 18.9. The predicted octanol–water partition coefficient (Wildman–Crippen LogP) is 24.4. The number of nitrogens with zero attached hydrogens (tertiary/aromatic N) is 19. The van der Waals surface area contributed by atoms with Gasteiger partial charge in [0.15, 0.2) is 0 Å². The molecule has 0 atom stereocenters. The predicted molar refractivity (Wildman–Crippen MR) is 571 cm³/mol. The van der Waals surface area contributed by atoms with Crippen molar-refractivity contribution >= 4 is 132 Å². The Labute approximate surface area is 856 Å². The van der Waals surface area contributed by atoms with E-state index in [0.29, 0.717) is 86.3 Å². The number of rotatable bonds is 12. The third-order valence-corrected chi connectivity index (χ3v) is 26.6. The van der Waals surface area contributed by atoms with Gasteiger partial charge in [0, 0.05) is 216 Å². The van der Waals surface area contributed by atoms with Crippen LogP contribution in [-0.2, 0) is 19.0 Å². The largest absolute Gasteiger partial charge is 0.419 e. The molecule has 0 aliphatic heterocycles. The normalized spacial score (nSPS) is 11.5. The second-order valence-corrected chi connectivity index (χ2v) is 36.6. The van der Waals surface area contributed by atoms with Gasteiger partial charge in [-0.3, -0.25) is 76.7 Å². The van der Waals surface area contributed by atoms with Crippen LogP contribution < -0.4 is 27.8 Å². The minimum absolute atomic E-state index is 0.0365. The smallest absolute Gasteiger partial charge is 0.304 e. The van der Waals surface area contributed by atoms with Crippen molar-refractivity contribution in [2.24, 2.45) is 0 Å². The molecule has 0 radical (unpaired) electrons. The molecule has 0 bridgehead atoms. The van der Waals surface area contributed by atoms with E-state index >= 15 is 0 Å². The molecule has 25 aromatic rings. The molecule has 15 heterocycles. The summed E-state index contributed by atoms with van der Waals surface area (Å²) in [5.41, 5.74) is 18.2. The third kappa shape index (κ3) is 19.1. The molecule has 0 saturated heterocycles. The van der Waals surface area contributed by atoms with Gasteiger partial charge >= 0.3 is 6.18 Å².